The monoisotopic (exact) mass is 279 g/mol. The van der Waals surface area contributed by atoms with Crippen LogP contribution in [-0.4, -0.2) is 36.5 Å². The van der Waals surface area contributed by atoms with E-state index in [1.165, 1.54) is 19.3 Å². The molecule has 2 saturated carbocycles. The third-order valence-electron chi connectivity index (χ3n) is 5.41. The number of carbonyl (C=O) groups is 2. The van der Waals surface area contributed by atoms with Crippen LogP contribution in [0.25, 0.3) is 0 Å². The van der Waals surface area contributed by atoms with Crippen molar-refractivity contribution in [2.45, 2.75) is 45.4 Å². The van der Waals surface area contributed by atoms with Gasteiger partial charge in [0.2, 0.25) is 5.91 Å². The van der Waals surface area contributed by atoms with Crippen molar-refractivity contribution in [1.29, 1.82) is 0 Å². The fourth-order valence-electron chi connectivity index (χ4n) is 4.41. The second-order valence-electron chi connectivity index (χ2n) is 6.66. The van der Waals surface area contributed by atoms with Gasteiger partial charge in [0.25, 0.3) is 0 Å². The molecule has 112 valence electrons. The first kappa shape index (κ1) is 13.9. The first-order valence-electron chi connectivity index (χ1n) is 8.14. The molecule has 0 aromatic carbocycles. The van der Waals surface area contributed by atoms with E-state index in [0.29, 0.717) is 25.0 Å². The Morgan fingerprint density at radius 2 is 2.05 bits per heavy atom. The highest BCUT2D eigenvalue weighted by Gasteiger charge is 2.45. The summed E-state index contributed by atoms with van der Waals surface area (Å²) >= 11 is 0. The maximum absolute atomic E-state index is 12.7. The average molecular weight is 279 g/mol. The van der Waals surface area contributed by atoms with Crippen LogP contribution in [0.2, 0.25) is 0 Å². The maximum atomic E-state index is 12.7. The van der Waals surface area contributed by atoms with Crippen LogP contribution in [0.5, 0.6) is 0 Å². The lowest BCUT2D eigenvalue weighted by Gasteiger charge is -2.35. The van der Waals surface area contributed by atoms with Gasteiger partial charge in [-0.05, 0) is 50.9 Å². The van der Waals surface area contributed by atoms with Crippen molar-refractivity contribution in [1.82, 2.24) is 4.90 Å². The Morgan fingerprint density at radius 1 is 1.20 bits per heavy atom. The van der Waals surface area contributed by atoms with E-state index in [4.69, 9.17) is 4.74 Å². The van der Waals surface area contributed by atoms with Gasteiger partial charge in [-0.2, -0.15) is 0 Å². The van der Waals surface area contributed by atoms with Gasteiger partial charge in [0.15, 0.2) is 0 Å². The van der Waals surface area contributed by atoms with Crippen LogP contribution < -0.4 is 0 Å². The zero-order valence-electron chi connectivity index (χ0n) is 12.3. The molecule has 3 aliphatic rings. The maximum Gasteiger partial charge on any atom is 0.310 e. The number of nitrogens with zero attached hydrogens (tertiary/aromatic N) is 1. The predicted molar refractivity (Wildman–Crippen MR) is 74.9 cm³/mol. The summed E-state index contributed by atoms with van der Waals surface area (Å²) in [5.41, 5.74) is 0. The van der Waals surface area contributed by atoms with E-state index in [2.05, 4.69) is 0 Å². The molecule has 20 heavy (non-hydrogen) atoms. The van der Waals surface area contributed by atoms with Crippen molar-refractivity contribution in [2.75, 3.05) is 19.7 Å². The highest BCUT2D eigenvalue weighted by atomic mass is 16.5. The quantitative estimate of drug-likeness (QED) is 0.744. The van der Waals surface area contributed by atoms with Crippen LogP contribution >= 0.6 is 0 Å². The Morgan fingerprint density at radius 3 is 2.70 bits per heavy atom. The van der Waals surface area contributed by atoms with Gasteiger partial charge in [-0.1, -0.05) is 6.42 Å². The molecular weight excluding hydrogens is 254 g/mol. The van der Waals surface area contributed by atoms with Gasteiger partial charge < -0.3 is 9.64 Å². The number of ether oxygens (including phenoxy) is 1. The van der Waals surface area contributed by atoms with Crippen molar-refractivity contribution in [3.05, 3.63) is 0 Å². The van der Waals surface area contributed by atoms with E-state index < -0.39 is 0 Å². The number of rotatable bonds is 3. The second-order valence-corrected chi connectivity index (χ2v) is 6.66. The van der Waals surface area contributed by atoms with Gasteiger partial charge >= 0.3 is 5.97 Å². The zero-order chi connectivity index (χ0) is 14.1. The lowest BCUT2D eigenvalue weighted by molar-refractivity contribution is -0.152. The molecule has 3 fully saturated rings. The topological polar surface area (TPSA) is 46.6 Å². The summed E-state index contributed by atoms with van der Waals surface area (Å²) in [5, 5.41) is 0. The fourth-order valence-corrected chi connectivity index (χ4v) is 4.41. The molecule has 2 bridgehead atoms. The van der Waals surface area contributed by atoms with E-state index in [9.17, 15) is 9.59 Å². The summed E-state index contributed by atoms with van der Waals surface area (Å²) in [7, 11) is 0. The number of fused-ring (bicyclic) bond motifs is 2. The standard InChI is InChI=1S/C16H25NO3/c1-2-20-16(19)13-4-3-7-17(10-13)15(18)14-9-11-5-6-12(14)8-11/h11-14H,2-10H2,1H3/t11-,12-,13-,14+/m1/s1. The predicted octanol–water partition coefficient (Wildman–Crippen LogP) is 2.22. The second kappa shape index (κ2) is 5.74. The van der Waals surface area contributed by atoms with E-state index >= 15 is 0 Å². The number of hydrogen-bond donors (Lipinski definition) is 0. The molecule has 4 atom stereocenters. The number of likely N-dealkylation sites (tertiary alicyclic amines) is 1. The minimum absolute atomic E-state index is 0.105. The minimum atomic E-state index is -0.127. The summed E-state index contributed by atoms with van der Waals surface area (Å²) < 4.78 is 5.11. The summed E-state index contributed by atoms with van der Waals surface area (Å²) in [5.74, 6) is 1.74. The van der Waals surface area contributed by atoms with Gasteiger partial charge in [0, 0.05) is 19.0 Å². The van der Waals surface area contributed by atoms with Crippen LogP contribution in [-0.2, 0) is 14.3 Å². The Kier molecular flexibility index (Phi) is 3.99. The third kappa shape index (κ3) is 2.57. The fraction of sp³-hybridized carbons (Fsp3) is 0.875. The van der Waals surface area contributed by atoms with E-state index in [0.717, 1.165) is 31.7 Å². The molecule has 0 aromatic rings. The highest BCUT2D eigenvalue weighted by molar-refractivity contribution is 5.81. The molecule has 4 heteroatoms. The van der Waals surface area contributed by atoms with Gasteiger partial charge in [-0.15, -0.1) is 0 Å². The molecule has 2 aliphatic carbocycles. The normalized spacial score (nSPS) is 36.1. The molecule has 0 N–H and O–H groups in total. The van der Waals surface area contributed by atoms with Crippen LogP contribution in [0.1, 0.15) is 45.4 Å². The Balaban J connectivity index is 1.59. The van der Waals surface area contributed by atoms with Gasteiger partial charge in [0.1, 0.15) is 0 Å². The Hall–Kier alpha value is -1.06. The summed E-state index contributed by atoms with van der Waals surface area (Å²) in [6.07, 6.45) is 6.68. The molecule has 1 aliphatic heterocycles. The van der Waals surface area contributed by atoms with Crippen LogP contribution in [0.3, 0.4) is 0 Å². The molecular formula is C16H25NO3. The number of amides is 1. The number of piperidine rings is 1. The molecule has 0 radical (unpaired) electrons. The zero-order valence-corrected chi connectivity index (χ0v) is 12.3. The largest absolute Gasteiger partial charge is 0.466 e. The minimum Gasteiger partial charge on any atom is -0.466 e. The molecule has 1 amide bonds. The van der Waals surface area contributed by atoms with Crippen LogP contribution in [0.4, 0.5) is 0 Å². The number of hydrogen-bond acceptors (Lipinski definition) is 3. The smallest absolute Gasteiger partial charge is 0.310 e. The molecule has 1 saturated heterocycles. The van der Waals surface area contributed by atoms with Gasteiger partial charge in [-0.3, -0.25) is 9.59 Å². The molecule has 4 nitrogen and oxygen atoms in total. The lowest BCUT2D eigenvalue weighted by atomic mass is 9.86. The van der Waals surface area contributed by atoms with Crippen LogP contribution in [0, 0.1) is 23.7 Å². The highest BCUT2D eigenvalue weighted by Crippen LogP contribution is 2.49. The average Bonchev–Trinajstić information content (AvgIpc) is 3.09. The van der Waals surface area contributed by atoms with Crippen molar-refractivity contribution in [2.24, 2.45) is 23.7 Å². The van der Waals surface area contributed by atoms with Crippen molar-refractivity contribution < 1.29 is 14.3 Å². The van der Waals surface area contributed by atoms with Crippen molar-refractivity contribution >= 4 is 11.9 Å². The summed E-state index contributed by atoms with van der Waals surface area (Å²) in [6.45, 7) is 3.66. The van der Waals surface area contributed by atoms with Crippen LogP contribution in [0.15, 0.2) is 0 Å². The SMILES string of the molecule is CCOC(=O)[C@@H]1CCCN(C(=O)[C@H]2C[C@@H]3CC[C@@H]2C3)C1. The van der Waals surface area contributed by atoms with E-state index in [1.807, 2.05) is 11.8 Å². The Labute approximate surface area is 120 Å². The van der Waals surface area contributed by atoms with Gasteiger partial charge in [-0.25, -0.2) is 0 Å². The van der Waals surface area contributed by atoms with E-state index in [1.54, 1.807) is 0 Å². The molecule has 3 rings (SSSR count). The molecule has 0 unspecified atom stereocenters. The third-order valence-corrected chi connectivity index (χ3v) is 5.41. The molecule has 0 spiro atoms. The van der Waals surface area contributed by atoms with Crippen molar-refractivity contribution in [3.8, 4) is 0 Å². The van der Waals surface area contributed by atoms with Gasteiger partial charge in [0.05, 0.1) is 12.5 Å². The first-order valence-corrected chi connectivity index (χ1v) is 8.14. The first-order chi connectivity index (χ1) is 9.69. The summed E-state index contributed by atoms with van der Waals surface area (Å²) in [4.78, 5) is 26.5. The van der Waals surface area contributed by atoms with E-state index in [-0.39, 0.29) is 17.8 Å². The number of carbonyl (C=O) groups excluding carboxylic acids is 2. The lowest BCUT2D eigenvalue weighted by Crippen LogP contribution is -2.46. The Bertz CT molecular complexity index is 395. The molecule has 0 aromatic heterocycles. The summed E-state index contributed by atoms with van der Waals surface area (Å²) in [6, 6.07) is 0. The van der Waals surface area contributed by atoms with Crippen molar-refractivity contribution in [3.63, 3.8) is 0 Å². The number of esters is 1. The molecule has 1 heterocycles.